The fraction of sp³-hybridized carbons (Fsp3) is 0.333. The van der Waals surface area contributed by atoms with Gasteiger partial charge in [-0.2, -0.15) is 10.2 Å². The van der Waals surface area contributed by atoms with E-state index in [0.717, 1.165) is 19.2 Å². The van der Waals surface area contributed by atoms with E-state index in [1.165, 1.54) is 0 Å². The quantitative estimate of drug-likeness (QED) is 0.244. The van der Waals surface area contributed by atoms with Gasteiger partial charge in [-0.05, 0) is 6.92 Å². The van der Waals surface area contributed by atoms with Crippen LogP contribution >= 0.6 is 0 Å². The molecular weight excluding hydrogens is 365 g/mol. The van der Waals surface area contributed by atoms with E-state index in [1.807, 2.05) is 0 Å². The van der Waals surface area contributed by atoms with Crippen LogP contribution in [0.1, 0.15) is 13.8 Å². The number of hydrogen-bond acceptors (Lipinski definition) is 4. The van der Waals surface area contributed by atoms with Crippen LogP contribution in [0.4, 0.5) is 27.8 Å². The predicted octanol–water partition coefficient (Wildman–Crippen LogP) is 2.89. The minimum absolute atomic E-state index is 0.101. The van der Waals surface area contributed by atoms with E-state index in [4.69, 9.17) is 9.57 Å². The van der Waals surface area contributed by atoms with Gasteiger partial charge in [-0.15, -0.1) is 0 Å². The van der Waals surface area contributed by atoms with Gasteiger partial charge in [-0.25, -0.2) is 26.6 Å². The van der Waals surface area contributed by atoms with Crippen LogP contribution in [0.2, 0.25) is 0 Å². The molecule has 6 nitrogen and oxygen atoms in total. The summed E-state index contributed by atoms with van der Waals surface area (Å²) in [6.07, 6.45) is 1.01. The van der Waals surface area contributed by atoms with Crippen LogP contribution in [0, 0.1) is 29.1 Å². The molecule has 0 N–H and O–H groups in total. The first-order valence-electron chi connectivity index (χ1n) is 7.38. The summed E-state index contributed by atoms with van der Waals surface area (Å²) in [7, 11) is 0. The highest BCUT2D eigenvalue weighted by molar-refractivity contribution is 5.88. The van der Waals surface area contributed by atoms with E-state index in [2.05, 4.69) is 5.10 Å². The van der Waals surface area contributed by atoms with E-state index in [0.29, 0.717) is 16.4 Å². The normalized spacial score (nSPS) is 11.0. The third-order valence-corrected chi connectivity index (χ3v) is 3.17. The van der Waals surface area contributed by atoms with Crippen LogP contribution in [0.15, 0.2) is 12.3 Å². The summed E-state index contributed by atoms with van der Waals surface area (Å²) in [6.45, 7) is 3.22. The Balaban J connectivity index is 2.49. The molecule has 1 heterocycles. The van der Waals surface area contributed by atoms with Crippen LogP contribution in [-0.2, 0) is 14.4 Å². The number of benzene rings is 1. The summed E-state index contributed by atoms with van der Waals surface area (Å²) in [5.41, 5.74) is -1.33. The highest BCUT2D eigenvalue weighted by Crippen LogP contribution is 2.29. The van der Waals surface area contributed by atoms with Gasteiger partial charge in [0, 0.05) is 19.6 Å². The van der Waals surface area contributed by atoms with Crippen molar-refractivity contribution in [3.8, 4) is 5.69 Å². The second-order valence-corrected chi connectivity index (χ2v) is 4.86. The van der Waals surface area contributed by atoms with Gasteiger partial charge in [-0.1, -0.05) is 0 Å². The van der Waals surface area contributed by atoms with Crippen LogP contribution in [0.5, 0.6) is 0 Å². The molecule has 0 saturated heterocycles. The van der Waals surface area contributed by atoms with Crippen molar-refractivity contribution in [3.63, 3.8) is 0 Å². The van der Waals surface area contributed by atoms with Crippen molar-refractivity contribution >= 4 is 11.7 Å². The fourth-order valence-electron chi connectivity index (χ4n) is 2.05. The molecule has 0 aliphatic rings. The van der Waals surface area contributed by atoms with Crippen LogP contribution in [-0.4, -0.2) is 35.5 Å². The zero-order valence-electron chi connectivity index (χ0n) is 13.7. The Kier molecular flexibility index (Phi) is 6.27. The number of carbonyl (C=O) groups is 1. The Morgan fingerprint density at radius 2 is 1.65 bits per heavy atom. The van der Waals surface area contributed by atoms with Crippen molar-refractivity contribution in [1.29, 1.82) is 0 Å². The lowest BCUT2D eigenvalue weighted by molar-refractivity contribution is -0.124. The number of halogens is 5. The molecule has 0 radical (unpaired) electrons. The van der Waals surface area contributed by atoms with Gasteiger partial charge in [-0.3, -0.25) is 9.63 Å². The van der Waals surface area contributed by atoms with E-state index in [-0.39, 0.29) is 19.0 Å². The molecule has 26 heavy (non-hydrogen) atoms. The Morgan fingerprint density at radius 1 is 1.08 bits per heavy atom. The van der Waals surface area contributed by atoms with Gasteiger partial charge in [0.1, 0.15) is 5.69 Å². The molecule has 0 bridgehead atoms. The number of nitrogens with zero attached hydrogens (tertiary/aromatic N) is 3. The standard InChI is InChI=1S/C15H14F5N3O3/c1-3-25-6-7-26-23(8(2)24)9-4-5-21-22(9)15-13(19)11(17)10(16)12(18)14(15)20/h4-5H,3,6-7H2,1-2H3. The third kappa shape index (κ3) is 3.68. The third-order valence-electron chi connectivity index (χ3n) is 3.17. The summed E-state index contributed by atoms with van der Waals surface area (Å²) >= 11 is 0. The van der Waals surface area contributed by atoms with Gasteiger partial charge in [0.05, 0.1) is 19.4 Å². The zero-order chi connectivity index (χ0) is 19.4. The minimum Gasteiger partial charge on any atom is -0.379 e. The lowest BCUT2D eigenvalue weighted by Crippen LogP contribution is -2.32. The largest absolute Gasteiger partial charge is 0.379 e. The number of anilines is 1. The second-order valence-electron chi connectivity index (χ2n) is 4.86. The number of hydroxylamine groups is 1. The van der Waals surface area contributed by atoms with E-state index in [9.17, 15) is 26.7 Å². The molecule has 142 valence electrons. The molecular formula is C15H14F5N3O3. The number of carbonyl (C=O) groups excluding carboxylic acids is 1. The van der Waals surface area contributed by atoms with Gasteiger partial charge >= 0.3 is 0 Å². The lowest BCUT2D eigenvalue weighted by Gasteiger charge is -2.21. The molecule has 1 aromatic carbocycles. The van der Waals surface area contributed by atoms with E-state index >= 15 is 0 Å². The van der Waals surface area contributed by atoms with Crippen molar-refractivity contribution in [1.82, 2.24) is 9.78 Å². The Bertz CT molecular complexity index is 783. The maximum absolute atomic E-state index is 14.0. The van der Waals surface area contributed by atoms with Gasteiger partial charge < -0.3 is 4.74 Å². The smallest absolute Gasteiger partial charge is 0.249 e. The zero-order valence-corrected chi connectivity index (χ0v) is 13.7. The molecule has 0 aliphatic heterocycles. The van der Waals surface area contributed by atoms with Gasteiger partial charge in [0.2, 0.25) is 11.7 Å². The number of hydrogen-bond donors (Lipinski definition) is 0. The Morgan fingerprint density at radius 3 is 2.19 bits per heavy atom. The SMILES string of the molecule is CCOCCON(C(C)=O)c1ccnn1-c1c(F)c(F)c(F)c(F)c1F. The lowest BCUT2D eigenvalue weighted by atomic mass is 10.2. The summed E-state index contributed by atoms with van der Waals surface area (Å²) in [5.74, 6) is -11.8. The van der Waals surface area contributed by atoms with Crippen LogP contribution < -0.4 is 5.06 Å². The monoisotopic (exact) mass is 379 g/mol. The summed E-state index contributed by atoms with van der Waals surface area (Å²) in [4.78, 5) is 16.9. The van der Waals surface area contributed by atoms with Crippen LogP contribution in [0.25, 0.3) is 5.69 Å². The molecule has 2 rings (SSSR count). The maximum atomic E-state index is 14.0. The average Bonchev–Trinajstić information content (AvgIpc) is 3.07. The molecule has 11 heteroatoms. The molecule has 0 saturated carbocycles. The first-order valence-corrected chi connectivity index (χ1v) is 7.38. The highest BCUT2D eigenvalue weighted by Gasteiger charge is 2.30. The maximum Gasteiger partial charge on any atom is 0.249 e. The van der Waals surface area contributed by atoms with E-state index < -0.39 is 40.7 Å². The number of ether oxygens (including phenoxy) is 1. The topological polar surface area (TPSA) is 56.6 Å². The van der Waals surface area contributed by atoms with Crippen molar-refractivity contribution in [2.45, 2.75) is 13.8 Å². The number of aromatic nitrogens is 2. The summed E-state index contributed by atoms with van der Waals surface area (Å²) < 4.78 is 73.5. The van der Waals surface area contributed by atoms with Crippen molar-refractivity contribution in [2.24, 2.45) is 0 Å². The van der Waals surface area contributed by atoms with Crippen molar-refractivity contribution in [2.75, 3.05) is 24.9 Å². The first-order chi connectivity index (χ1) is 12.3. The number of rotatable bonds is 7. The second kappa shape index (κ2) is 8.23. The minimum atomic E-state index is -2.30. The highest BCUT2D eigenvalue weighted by atomic mass is 19.2. The molecule has 0 spiro atoms. The van der Waals surface area contributed by atoms with E-state index in [1.54, 1.807) is 6.92 Å². The average molecular weight is 379 g/mol. The first kappa shape index (κ1) is 19.8. The Hall–Kier alpha value is -2.53. The number of amides is 1. The molecule has 0 unspecified atom stereocenters. The molecule has 2 aromatic rings. The Labute approximate surface area is 144 Å². The molecule has 1 amide bonds. The van der Waals surface area contributed by atoms with Crippen LogP contribution in [0.3, 0.4) is 0 Å². The van der Waals surface area contributed by atoms with Crippen molar-refractivity contribution in [3.05, 3.63) is 41.3 Å². The molecule has 0 atom stereocenters. The predicted molar refractivity (Wildman–Crippen MR) is 79.0 cm³/mol. The fourth-order valence-corrected chi connectivity index (χ4v) is 2.05. The summed E-state index contributed by atoms with van der Waals surface area (Å²) in [5, 5.41) is 4.16. The molecule has 0 aliphatic carbocycles. The molecule has 1 aromatic heterocycles. The van der Waals surface area contributed by atoms with Gasteiger partial charge in [0.15, 0.2) is 29.1 Å². The van der Waals surface area contributed by atoms with Gasteiger partial charge in [0.25, 0.3) is 0 Å². The molecule has 0 fully saturated rings. The summed E-state index contributed by atoms with van der Waals surface area (Å²) in [6, 6.07) is 1.11. The van der Waals surface area contributed by atoms with Crippen molar-refractivity contribution < 1.29 is 36.3 Å².